The van der Waals surface area contributed by atoms with Gasteiger partial charge in [-0.3, -0.25) is 14.5 Å². The van der Waals surface area contributed by atoms with E-state index in [4.69, 9.17) is 11.5 Å². The highest BCUT2D eigenvalue weighted by Gasteiger charge is 2.31. The molecule has 2 amide bonds. The van der Waals surface area contributed by atoms with E-state index in [2.05, 4.69) is 0 Å². The minimum atomic E-state index is -0.330. The van der Waals surface area contributed by atoms with Crippen molar-refractivity contribution in [2.75, 3.05) is 18.5 Å². The fourth-order valence-corrected chi connectivity index (χ4v) is 2.36. The van der Waals surface area contributed by atoms with Gasteiger partial charge < -0.3 is 11.5 Å². The fourth-order valence-electron chi connectivity index (χ4n) is 2.36. The van der Waals surface area contributed by atoms with E-state index in [0.717, 1.165) is 4.90 Å². The first-order valence-corrected chi connectivity index (χ1v) is 5.45. The third-order valence-corrected chi connectivity index (χ3v) is 3.30. The van der Waals surface area contributed by atoms with Gasteiger partial charge in [0.15, 0.2) is 0 Å². The zero-order valence-corrected chi connectivity index (χ0v) is 9.73. The van der Waals surface area contributed by atoms with Gasteiger partial charge in [0.05, 0.1) is 0 Å². The zero-order valence-electron chi connectivity index (χ0n) is 9.73. The summed E-state index contributed by atoms with van der Waals surface area (Å²) in [7, 11) is 1.46. The van der Waals surface area contributed by atoms with Gasteiger partial charge in [-0.15, -0.1) is 0 Å². The summed E-state index contributed by atoms with van der Waals surface area (Å²) in [5.74, 6) is -0.661. The van der Waals surface area contributed by atoms with Crippen molar-refractivity contribution in [3.63, 3.8) is 0 Å². The molecule has 0 aromatic heterocycles. The Hall–Kier alpha value is -2.56. The summed E-state index contributed by atoms with van der Waals surface area (Å²) in [4.78, 5) is 25.2. The Morgan fingerprint density at radius 2 is 1.28 bits per heavy atom. The number of amides is 2. The van der Waals surface area contributed by atoms with Gasteiger partial charge in [0.2, 0.25) is 0 Å². The lowest BCUT2D eigenvalue weighted by atomic mass is 9.92. The number of imide groups is 1. The molecule has 0 spiro atoms. The Bertz CT molecular complexity index is 665. The molecule has 1 aliphatic heterocycles. The molecule has 2 aromatic rings. The predicted molar refractivity (Wildman–Crippen MR) is 69.2 cm³/mol. The largest absolute Gasteiger partial charge is 0.398 e. The Labute approximate surface area is 103 Å². The third kappa shape index (κ3) is 1.10. The van der Waals surface area contributed by atoms with E-state index < -0.39 is 0 Å². The van der Waals surface area contributed by atoms with Crippen molar-refractivity contribution in [2.45, 2.75) is 0 Å². The molecule has 0 bridgehead atoms. The van der Waals surface area contributed by atoms with Gasteiger partial charge in [0.25, 0.3) is 11.8 Å². The molecule has 3 rings (SSSR count). The number of carbonyl (C=O) groups excluding carboxylic acids is 2. The molecule has 0 saturated carbocycles. The molecule has 0 atom stereocenters. The lowest BCUT2D eigenvalue weighted by Crippen LogP contribution is -2.37. The lowest BCUT2D eigenvalue weighted by Gasteiger charge is -2.24. The van der Waals surface area contributed by atoms with Crippen LogP contribution in [0.2, 0.25) is 0 Å². The second-order valence-electron chi connectivity index (χ2n) is 4.32. The van der Waals surface area contributed by atoms with Gasteiger partial charge in [-0.2, -0.15) is 0 Å². The molecular weight excluding hydrogens is 230 g/mol. The second kappa shape index (κ2) is 3.22. The summed E-state index contributed by atoms with van der Waals surface area (Å²) >= 11 is 0. The van der Waals surface area contributed by atoms with Crippen LogP contribution in [0.15, 0.2) is 24.3 Å². The number of hydrogen-bond donors (Lipinski definition) is 2. The van der Waals surface area contributed by atoms with Crippen molar-refractivity contribution in [2.24, 2.45) is 0 Å². The summed E-state index contributed by atoms with van der Waals surface area (Å²) in [6.07, 6.45) is 0. The van der Waals surface area contributed by atoms with Crippen LogP contribution in [-0.4, -0.2) is 23.8 Å². The highest BCUT2D eigenvalue weighted by Crippen LogP contribution is 2.36. The van der Waals surface area contributed by atoms with Crippen LogP contribution in [0.4, 0.5) is 11.4 Å². The van der Waals surface area contributed by atoms with Gasteiger partial charge in [-0.25, -0.2) is 0 Å². The minimum Gasteiger partial charge on any atom is -0.398 e. The van der Waals surface area contributed by atoms with Crippen molar-refractivity contribution >= 4 is 34.0 Å². The van der Waals surface area contributed by atoms with Crippen molar-refractivity contribution < 1.29 is 9.59 Å². The standard InChI is InChI=1S/C13H11N3O2/c1-16-12(17)6-2-4-8(14)11-9(15)5-3-7(10(6)11)13(16)18/h2-5H,14-15H2,1H3. The van der Waals surface area contributed by atoms with E-state index in [0.29, 0.717) is 33.3 Å². The molecule has 90 valence electrons. The zero-order chi connectivity index (χ0) is 13.0. The molecule has 0 saturated heterocycles. The van der Waals surface area contributed by atoms with Crippen molar-refractivity contribution in [3.8, 4) is 0 Å². The van der Waals surface area contributed by atoms with Crippen LogP contribution in [0, 0.1) is 0 Å². The van der Waals surface area contributed by atoms with E-state index in [-0.39, 0.29) is 11.8 Å². The molecule has 0 fully saturated rings. The summed E-state index contributed by atoms with van der Waals surface area (Å²) in [5, 5.41) is 1.14. The van der Waals surface area contributed by atoms with Crippen LogP contribution >= 0.6 is 0 Å². The number of carbonyl (C=O) groups is 2. The van der Waals surface area contributed by atoms with Gasteiger partial charge >= 0.3 is 0 Å². The molecule has 18 heavy (non-hydrogen) atoms. The molecule has 0 radical (unpaired) electrons. The first kappa shape index (κ1) is 10.6. The molecular formula is C13H11N3O2. The quantitative estimate of drug-likeness (QED) is 0.536. The Morgan fingerprint density at radius 3 is 1.72 bits per heavy atom. The summed E-state index contributed by atoms with van der Waals surface area (Å²) in [6.45, 7) is 0. The van der Waals surface area contributed by atoms with E-state index in [1.165, 1.54) is 7.05 Å². The number of nitrogen functional groups attached to an aromatic ring is 2. The number of rotatable bonds is 0. The molecule has 1 heterocycles. The first-order chi connectivity index (χ1) is 8.52. The van der Waals surface area contributed by atoms with Crippen LogP contribution in [0.1, 0.15) is 20.7 Å². The maximum absolute atomic E-state index is 12.1. The average Bonchev–Trinajstić information content (AvgIpc) is 2.35. The Morgan fingerprint density at radius 1 is 0.833 bits per heavy atom. The molecule has 5 nitrogen and oxygen atoms in total. The molecule has 0 aliphatic carbocycles. The highest BCUT2D eigenvalue weighted by atomic mass is 16.2. The topological polar surface area (TPSA) is 89.4 Å². The Kier molecular flexibility index (Phi) is 1.90. The molecule has 4 N–H and O–H groups in total. The summed E-state index contributed by atoms with van der Waals surface area (Å²) in [6, 6.07) is 6.54. The van der Waals surface area contributed by atoms with E-state index >= 15 is 0 Å². The van der Waals surface area contributed by atoms with Crippen LogP contribution in [-0.2, 0) is 0 Å². The number of nitrogens with zero attached hydrogens (tertiary/aromatic N) is 1. The lowest BCUT2D eigenvalue weighted by molar-refractivity contribution is 0.0651. The molecule has 1 aliphatic rings. The summed E-state index contributed by atoms with van der Waals surface area (Å²) in [5.41, 5.74) is 13.6. The Balaban J connectivity index is 2.58. The van der Waals surface area contributed by atoms with Gasteiger partial charge in [-0.1, -0.05) is 0 Å². The maximum Gasteiger partial charge on any atom is 0.261 e. The van der Waals surface area contributed by atoms with Gasteiger partial charge in [0, 0.05) is 40.3 Å². The van der Waals surface area contributed by atoms with Gasteiger partial charge in [-0.05, 0) is 24.3 Å². The molecule has 0 unspecified atom stereocenters. The van der Waals surface area contributed by atoms with Crippen molar-refractivity contribution in [1.29, 1.82) is 0 Å². The van der Waals surface area contributed by atoms with Crippen molar-refractivity contribution in [3.05, 3.63) is 35.4 Å². The van der Waals surface area contributed by atoms with Crippen LogP contribution < -0.4 is 11.5 Å². The second-order valence-corrected chi connectivity index (χ2v) is 4.32. The van der Waals surface area contributed by atoms with E-state index in [9.17, 15) is 9.59 Å². The fraction of sp³-hybridized carbons (Fsp3) is 0.0769. The number of hydrogen-bond acceptors (Lipinski definition) is 4. The number of anilines is 2. The monoisotopic (exact) mass is 241 g/mol. The van der Waals surface area contributed by atoms with Crippen LogP contribution in [0.25, 0.3) is 10.8 Å². The third-order valence-electron chi connectivity index (χ3n) is 3.30. The maximum atomic E-state index is 12.1. The first-order valence-electron chi connectivity index (χ1n) is 5.45. The van der Waals surface area contributed by atoms with E-state index in [1.54, 1.807) is 24.3 Å². The number of benzene rings is 2. The summed E-state index contributed by atoms with van der Waals surface area (Å²) < 4.78 is 0. The number of nitrogens with two attached hydrogens (primary N) is 2. The van der Waals surface area contributed by atoms with Gasteiger partial charge in [0.1, 0.15) is 0 Å². The molecule has 2 aromatic carbocycles. The van der Waals surface area contributed by atoms with Crippen LogP contribution in [0.5, 0.6) is 0 Å². The van der Waals surface area contributed by atoms with E-state index in [1.807, 2.05) is 0 Å². The predicted octanol–water partition coefficient (Wildman–Crippen LogP) is 1.23. The minimum absolute atomic E-state index is 0.330. The van der Waals surface area contributed by atoms with Crippen LogP contribution in [0.3, 0.4) is 0 Å². The smallest absolute Gasteiger partial charge is 0.261 e. The molecule has 5 heteroatoms. The average molecular weight is 241 g/mol. The normalized spacial score (nSPS) is 14.4. The highest BCUT2D eigenvalue weighted by molar-refractivity contribution is 6.28. The van der Waals surface area contributed by atoms with Crippen molar-refractivity contribution in [1.82, 2.24) is 4.90 Å². The SMILES string of the molecule is CN1C(=O)c2ccc(N)c3c(N)ccc(c23)C1=O.